The van der Waals surface area contributed by atoms with Crippen LogP contribution in [0.1, 0.15) is 32.2 Å². The van der Waals surface area contributed by atoms with Gasteiger partial charge in [0, 0.05) is 19.0 Å². The smallest absolute Gasteiger partial charge is 0.306 e. The average Bonchev–Trinajstić information content (AvgIpc) is 2.36. The molecule has 2 rings (SSSR count). The summed E-state index contributed by atoms with van der Waals surface area (Å²) in [5.74, 6) is -0.246. The Bertz CT molecular complexity index is 472. The monoisotopic (exact) mass is 264 g/mol. The Labute approximate surface area is 112 Å². The maximum Gasteiger partial charge on any atom is 0.306 e. The topological polar surface area (TPSA) is 79.2 Å². The highest BCUT2D eigenvalue weighted by atomic mass is 16.4. The summed E-state index contributed by atoms with van der Waals surface area (Å²) in [5.41, 5.74) is 1.93. The highest BCUT2D eigenvalue weighted by molar-refractivity contribution is 5.70. The van der Waals surface area contributed by atoms with Crippen molar-refractivity contribution in [2.75, 3.05) is 18.0 Å². The van der Waals surface area contributed by atoms with Crippen LogP contribution in [0.4, 0.5) is 5.95 Å². The third kappa shape index (κ3) is 2.67. The zero-order valence-corrected chi connectivity index (χ0v) is 11.6. The molecular formula is C13H20N4O2. The largest absolute Gasteiger partial charge is 0.481 e. The number of hydrogen-bond acceptors (Lipinski definition) is 5. The van der Waals surface area contributed by atoms with Gasteiger partial charge in [0.15, 0.2) is 0 Å². The quantitative estimate of drug-likeness (QED) is 0.859. The summed E-state index contributed by atoms with van der Waals surface area (Å²) in [6, 6.07) is 0. The number of carbonyl (C=O) groups is 1. The second-order valence-corrected chi connectivity index (χ2v) is 5.00. The van der Waals surface area contributed by atoms with Crippen molar-refractivity contribution in [1.82, 2.24) is 15.2 Å². The summed E-state index contributed by atoms with van der Waals surface area (Å²) in [6.07, 6.45) is 1.68. The number of aromatic nitrogens is 3. The Morgan fingerprint density at radius 3 is 2.47 bits per heavy atom. The van der Waals surface area contributed by atoms with Crippen molar-refractivity contribution in [3.63, 3.8) is 0 Å². The van der Waals surface area contributed by atoms with E-state index in [-0.39, 0.29) is 11.8 Å². The van der Waals surface area contributed by atoms with E-state index in [1.807, 2.05) is 11.8 Å². The lowest BCUT2D eigenvalue weighted by atomic mass is 9.87. The van der Waals surface area contributed by atoms with Gasteiger partial charge in [-0.3, -0.25) is 4.79 Å². The van der Waals surface area contributed by atoms with Gasteiger partial charge in [-0.25, -0.2) is 4.98 Å². The number of carboxylic acids is 1. The predicted octanol–water partition coefficient (Wildman–Crippen LogP) is 1.15. The van der Waals surface area contributed by atoms with E-state index in [0.717, 1.165) is 24.2 Å². The minimum absolute atomic E-state index is 0.178. The van der Waals surface area contributed by atoms with E-state index < -0.39 is 5.97 Å². The van der Waals surface area contributed by atoms with Crippen molar-refractivity contribution < 1.29 is 9.90 Å². The Hall–Kier alpha value is -1.72. The van der Waals surface area contributed by atoms with Gasteiger partial charge in [-0.15, -0.1) is 5.10 Å². The zero-order chi connectivity index (χ0) is 14.0. The molecule has 6 heteroatoms. The Morgan fingerprint density at radius 1 is 1.32 bits per heavy atom. The molecule has 6 nitrogen and oxygen atoms in total. The summed E-state index contributed by atoms with van der Waals surface area (Å²) in [7, 11) is 0. The van der Waals surface area contributed by atoms with Gasteiger partial charge in [-0.1, -0.05) is 20.8 Å². The molecule has 0 saturated carbocycles. The van der Waals surface area contributed by atoms with Crippen molar-refractivity contribution in [3.8, 4) is 0 Å². The first-order valence-corrected chi connectivity index (χ1v) is 6.77. The van der Waals surface area contributed by atoms with Gasteiger partial charge in [0.2, 0.25) is 5.95 Å². The van der Waals surface area contributed by atoms with Crippen LogP contribution in [-0.2, 0) is 17.6 Å². The molecule has 0 amide bonds. The predicted molar refractivity (Wildman–Crippen MR) is 71.1 cm³/mol. The summed E-state index contributed by atoms with van der Waals surface area (Å²) in [4.78, 5) is 17.4. The maximum absolute atomic E-state index is 10.9. The van der Waals surface area contributed by atoms with Crippen LogP contribution >= 0.6 is 0 Å². The number of aryl methyl sites for hydroxylation is 2. The number of rotatable bonds is 5. The number of carboxylic acid groups (broad SMARTS) is 1. The van der Waals surface area contributed by atoms with Crippen LogP contribution < -0.4 is 4.90 Å². The van der Waals surface area contributed by atoms with Gasteiger partial charge in [-0.2, -0.15) is 5.10 Å². The number of hydrogen-bond donors (Lipinski definition) is 1. The van der Waals surface area contributed by atoms with Crippen LogP contribution in [0.2, 0.25) is 0 Å². The van der Waals surface area contributed by atoms with E-state index in [2.05, 4.69) is 22.1 Å². The molecule has 1 aromatic rings. The van der Waals surface area contributed by atoms with Gasteiger partial charge in [0.1, 0.15) is 0 Å². The standard InChI is InChI=1S/C13H20N4O2/c1-4-10-11(5-2)15-16-13(14-10)17-6-9(7-17)8(3)12(18)19/h8-9H,4-7H2,1-3H3,(H,18,19). The van der Waals surface area contributed by atoms with E-state index >= 15 is 0 Å². The van der Waals surface area contributed by atoms with E-state index in [0.29, 0.717) is 19.0 Å². The van der Waals surface area contributed by atoms with Crippen molar-refractivity contribution in [3.05, 3.63) is 11.4 Å². The molecule has 2 heterocycles. The molecule has 104 valence electrons. The third-order valence-electron chi connectivity index (χ3n) is 3.79. The Morgan fingerprint density at radius 2 is 1.95 bits per heavy atom. The fourth-order valence-corrected chi connectivity index (χ4v) is 2.26. The number of nitrogens with zero attached hydrogens (tertiary/aromatic N) is 4. The average molecular weight is 264 g/mol. The molecule has 1 aliphatic rings. The lowest BCUT2D eigenvalue weighted by Gasteiger charge is -2.41. The van der Waals surface area contributed by atoms with Crippen LogP contribution in [0.15, 0.2) is 0 Å². The molecule has 1 saturated heterocycles. The Kier molecular flexibility index (Phi) is 3.97. The van der Waals surface area contributed by atoms with Crippen LogP contribution in [0.5, 0.6) is 0 Å². The molecule has 1 unspecified atom stereocenters. The summed E-state index contributed by atoms with van der Waals surface area (Å²) in [6.45, 7) is 7.24. The minimum Gasteiger partial charge on any atom is -0.481 e. The van der Waals surface area contributed by atoms with Crippen LogP contribution in [-0.4, -0.2) is 39.3 Å². The molecule has 0 bridgehead atoms. The molecule has 0 aliphatic carbocycles. The van der Waals surface area contributed by atoms with Crippen LogP contribution in [0.25, 0.3) is 0 Å². The minimum atomic E-state index is -0.737. The van der Waals surface area contributed by atoms with E-state index in [9.17, 15) is 4.79 Å². The van der Waals surface area contributed by atoms with Crippen LogP contribution in [0.3, 0.4) is 0 Å². The Balaban J connectivity index is 2.04. The zero-order valence-electron chi connectivity index (χ0n) is 11.6. The van der Waals surface area contributed by atoms with Crippen LogP contribution in [0, 0.1) is 11.8 Å². The normalized spacial score (nSPS) is 17.1. The van der Waals surface area contributed by atoms with Crippen molar-refractivity contribution in [2.45, 2.75) is 33.6 Å². The SMILES string of the molecule is CCc1nnc(N2CC(C(C)C(=O)O)C2)nc1CC. The van der Waals surface area contributed by atoms with E-state index in [1.165, 1.54) is 0 Å². The number of aliphatic carboxylic acids is 1. The second kappa shape index (κ2) is 5.50. The second-order valence-electron chi connectivity index (χ2n) is 5.00. The fraction of sp³-hybridized carbons (Fsp3) is 0.692. The van der Waals surface area contributed by atoms with E-state index in [4.69, 9.17) is 5.11 Å². The van der Waals surface area contributed by atoms with Crippen molar-refractivity contribution in [1.29, 1.82) is 0 Å². The molecular weight excluding hydrogens is 244 g/mol. The first kappa shape index (κ1) is 13.7. The molecule has 1 N–H and O–H groups in total. The van der Waals surface area contributed by atoms with Gasteiger partial charge in [0.05, 0.1) is 17.3 Å². The lowest BCUT2D eigenvalue weighted by molar-refractivity contribution is -0.143. The van der Waals surface area contributed by atoms with Gasteiger partial charge < -0.3 is 10.0 Å². The first-order chi connectivity index (χ1) is 9.06. The lowest BCUT2D eigenvalue weighted by Crippen LogP contribution is -2.52. The van der Waals surface area contributed by atoms with Crippen molar-refractivity contribution in [2.24, 2.45) is 11.8 Å². The van der Waals surface area contributed by atoms with E-state index in [1.54, 1.807) is 6.92 Å². The molecule has 0 spiro atoms. The molecule has 0 radical (unpaired) electrons. The molecule has 1 atom stereocenters. The van der Waals surface area contributed by atoms with Crippen molar-refractivity contribution >= 4 is 11.9 Å². The fourth-order valence-electron chi connectivity index (χ4n) is 2.26. The maximum atomic E-state index is 10.9. The van der Waals surface area contributed by atoms with Gasteiger partial charge in [0.25, 0.3) is 0 Å². The summed E-state index contributed by atoms with van der Waals surface area (Å²) in [5, 5.41) is 17.3. The van der Waals surface area contributed by atoms with Gasteiger partial charge >= 0.3 is 5.97 Å². The van der Waals surface area contributed by atoms with Gasteiger partial charge in [-0.05, 0) is 12.8 Å². The molecule has 1 aliphatic heterocycles. The molecule has 19 heavy (non-hydrogen) atoms. The molecule has 0 aromatic carbocycles. The highest BCUT2D eigenvalue weighted by Gasteiger charge is 2.36. The highest BCUT2D eigenvalue weighted by Crippen LogP contribution is 2.27. The first-order valence-electron chi connectivity index (χ1n) is 6.77. The molecule has 1 fully saturated rings. The third-order valence-corrected chi connectivity index (χ3v) is 3.79. The molecule has 1 aromatic heterocycles. The summed E-state index contributed by atoms with van der Waals surface area (Å²) < 4.78 is 0. The number of anilines is 1. The summed E-state index contributed by atoms with van der Waals surface area (Å²) >= 11 is 0.